The predicted molar refractivity (Wildman–Crippen MR) is 77.3 cm³/mol. The molecule has 1 heterocycles. The minimum absolute atomic E-state index is 0.0490. The lowest BCUT2D eigenvalue weighted by molar-refractivity contribution is -0.150. The van der Waals surface area contributed by atoms with E-state index in [0.717, 1.165) is 19.4 Å². The first kappa shape index (κ1) is 15.3. The molecule has 0 aromatic rings. The van der Waals surface area contributed by atoms with Gasteiger partial charge >= 0.3 is 5.97 Å². The zero-order valence-electron chi connectivity index (χ0n) is 12.7. The van der Waals surface area contributed by atoms with Crippen LogP contribution in [-0.2, 0) is 9.59 Å². The molecule has 3 unspecified atom stereocenters. The number of carbonyl (C=O) groups excluding carboxylic acids is 1. The molecule has 4 heteroatoms. The molecule has 2 rings (SSSR count). The van der Waals surface area contributed by atoms with Gasteiger partial charge in [-0.15, -0.1) is 0 Å². The summed E-state index contributed by atoms with van der Waals surface area (Å²) in [4.78, 5) is 25.7. The van der Waals surface area contributed by atoms with Gasteiger partial charge in [0.25, 0.3) is 0 Å². The van der Waals surface area contributed by atoms with E-state index in [-0.39, 0.29) is 5.91 Å². The maximum absolute atomic E-state index is 12.6. The van der Waals surface area contributed by atoms with Crippen LogP contribution in [0.1, 0.15) is 58.8 Å². The van der Waals surface area contributed by atoms with E-state index in [2.05, 4.69) is 0 Å². The summed E-state index contributed by atoms with van der Waals surface area (Å²) < 4.78 is 0. The monoisotopic (exact) mass is 281 g/mol. The minimum atomic E-state index is -0.876. The second kappa shape index (κ2) is 6.59. The van der Waals surface area contributed by atoms with Crippen LogP contribution in [-0.4, -0.2) is 34.5 Å². The van der Waals surface area contributed by atoms with Crippen molar-refractivity contribution in [2.75, 3.05) is 6.54 Å². The molecule has 3 atom stereocenters. The molecule has 20 heavy (non-hydrogen) atoms. The van der Waals surface area contributed by atoms with E-state index in [1.807, 2.05) is 4.90 Å². The molecular weight excluding hydrogens is 254 g/mol. The van der Waals surface area contributed by atoms with E-state index in [1.165, 1.54) is 32.1 Å². The van der Waals surface area contributed by atoms with Crippen molar-refractivity contribution in [2.45, 2.75) is 64.8 Å². The molecule has 1 saturated carbocycles. The van der Waals surface area contributed by atoms with Gasteiger partial charge in [-0.3, -0.25) is 9.59 Å². The fourth-order valence-electron chi connectivity index (χ4n) is 3.76. The van der Waals surface area contributed by atoms with E-state index in [0.29, 0.717) is 12.0 Å². The van der Waals surface area contributed by atoms with Gasteiger partial charge in [-0.25, -0.2) is 0 Å². The van der Waals surface area contributed by atoms with Crippen molar-refractivity contribution >= 4 is 11.9 Å². The van der Waals surface area contributed by atoms with Crippen LogP contribution in [0.4, 0.5) is 0 Å². The number of nitrogens with zero attached hydrogens (tertiary/aromatic N) is 1. The summed E-state index contributed by atoms with van der Waals surface area (Å²) in [5.41, 5.74) is 0. The van der Waals surface area contributed by atoms with Gasteiger partial charge in [0.15, 0.2) is 0 Å². The molecule has 0 radical (unpaired) electrons. The molecule has 114 valence electrons. The van der Waals surface area contributed by atoms with E-state index >= 15 is 0 Å². The third-order valence-electron chi connectivity index (χ3n) is 5.31. The number of carboxylic acid groups (broad SMARTS) is 1. The summed E-state index contributed by atoms with van der Waals surface area (Å²) in [6.07, 6.45) is 8.53. The predicted octanol–water partition coefficient (Wildman–Crippen LogP) is 2.91. The van der Waals surface area contributed by atoms with E-state index in [1.54, 1.807) is 13.8 Å². The Balaban J connectivity index is 2.02. The Morgan fingerprint density at radius 3 is 2.25 bits per heavy atom. The molecule has 1 aliphatic heterocycles. The van der Waals surface area contributed by atoms with E-state index < -0.39 is 17.8 Å². The topological polar surface area (TPSA) is 57.6 Å². The molecule has 0 aromatic carbocycles. The Morgan fingerprint density at radius 2 is 1.65 bits per heavy atom. The summed E-state index contributed by atoms with van der Waals surface area (Å²) in [7, 11) is 0. The summed E-state index contributed by atoms with van der Waals surface area (Å²) in [6, 6.07) is 0.367. The van der Waals surface area contributed by atoms with E-state index in [9.17, 15) is 9.59 Å². The lowest BCUT2D eigenvalue weighted by Gasteiger charge is -2.35. The maximum Gasteiger partial charge on any atom is 0.307 e. The van der Waals surface area contributed by atoms with Gasteiger partial charge in [0.05, 0.1) is 5.92 Å². The SMILES string of the molecule is CC(C(=O)O)C(C)C(=O)N1CCCC1C1CCCCC1. The number of amides is 1. The fourth-order valence-corrected chi connectivity index (χ4v) is 3.76. The molecule has 2 fully saturated rings. The standard InChI is InChI=1S/C16H27NO3/c1-11(12(2)16(19)20)15(18)17-10-6-9-14(17)13-7-4-3-5-8-13/h11-14H,3-10H2,1-2H3,(H,19,20). The van der Waals surface area contributed by atoms with Gasteiger partial charge < -0.3 is 10.0 Å². The average Bonchev–Trinajstić information content (AvgIpc) is 2.95. The highest BCUT2D eigenvalue weighted by Gasteiger charge is 2.38. The lowest BCUT2D eigenvalue weighted by Crippen LogP contribution is -2.45. The normalized spacial score (nSPS) is 27.3. The zero-order valence-corrected chi connectivity index (χ0v) is 12.7. The smallest absolute Gasteiger partial charge is 0.307 e. The molecule has 0 bridgehead atoms. The Kier molecular flexibility index (Phi) is 5.06. The molecule has 2 aliphatic rings. The first-order valence-electron chi connectivity index (χ1n) is 8.05. The first-order chi connectivity index (χ1) is 9.52. The van der Waals surface area contributed by atoms with Crippen LogP contribution in [0.25, 0.3) is 0 Å². The average molecular weight is 281 g/mol. The molecule has 0 spiro atoms. The number of carboxylic acids is 1. The number of likely N-dealkylation sites (tertiary alicyclic amines) is 1. The second-order valence-electron chi connectivity index (χ2n) is 6.55. The van der Waals surface area contributed by atoms with Crippen LogP contribution >= 0.6 is 0 Å². The molecule has 1 N–H and O–H groups in total. The highest BCUT2D eigenvalue weighted by molar-refractivity contribution is 5.84. The van der Waals surface area contributed by atoms with Gasteiger partial charge in [0.1, 0.15) is 0 Å². The third-order valence-corrected chi connectivity index (χ3v) is 5.31. The van der Waals surface area contributed by atoms with Crippen LogP contribution in [0.3, 0.4) is 0 Å². The van der Waals surface area contributed by atoms with Gasteiger partial charge in [0.2, 0.25) is 5.91 Å². The Hall–Kier alpha value is -1.06. The van der Waals surface area contributed by atoms with Gasteiger partial charge in [-0.2, -0.15) is 0 Å². The zero-order chi connectivity index (χ0) is 14.7. The van der Waals surface area contributed by atoms with Crippen molar-refractivity contribution in [1.29, 1.82) is 0 Å². The molecule has 1 saturated heterocycles. The van der Waals surface area contributed by atoms with Crippen LogP contribution in [0.15, 0.2) is 0 Å². The number of hydrogen-bond donors (Lipinski definition) is 1. The van der Waals surface area contributed by atoms with Crippen molar-refractivity contribution in [1.82, 2.24) is 4.90 Å². The number of rotatable bonds is 4. The van der Waals surface area contributed by atoms with Gasteiger partial charge in [-0.1, -0.05) is 33.1 Å². The molecule has 0 aromatic heterocycles. The van der Waals surface area contributed by atoms with Gasteiger partial charge in [-0.05, 0) is 31.6 Å². The van der Waals surface area contributed by atoms with Crippen LogP contribution in [0.2, 0.25) is 0 Å². The molecule has 4 nitrogen and oxygen atoms in total. The lowest BCUT2D eigenvalue weighted by atomic mass is 9.82. The summed E-state index contributed by atoms with van der Waals surface area (Å²) in [5, 5.41) is 9.09. The maximum atomic E-state index is 12.6. The number of hydrogen-bond acceptors (Lipinski definition) is 2. The first-order valence-corrected chi connectivity index (χ1v) is 8.05. The number of aliphatic carboxylic acids is 1. The Labute approximate surface area is 121 Å². The van der Waals surface area contributed by atoms with Crippen molar-refractivity contribution < 1.29 is 14.7 Å². The van der Waals surface area contributed by atoms with Crippen molar-refractivity contribution in [3.63, 3.8) is 0 Å². The highest BCUT2D eigenvalue weighted by atomic mass is 16.4. The molecule has 1 amide bonds. The van der Waals surface area contributed by atoms with Crippen molar-refractivity contribution in [2.24, 2.45) is 17.8 Å². The highest BCUT2D eigenvalue weighted by Crippen LogP contribution is 2.35. The fraction of sp³-hybridized carbons (Fsp3) is 0.875. The summed E-state index contributed by atoms with van der Waals surface area (Å²) >= 11 is 0. The minimum Gasteiger partial charge on any atom is -0.481 e. The third kappa shape index (κ3) is 3.15. The summed E-state index contributed by atoms with van der Waals surface area (Å²) in [5.74, 6) is -1.21. The van der Waals surface area contributed by atoms with Crippen LogP contribution in [0, 0.1) is 17.8 Å². The van der Waals surface area contributed by atoms with E-state index in [4.69, 9.17) is 5.11 Å². The summed E-state index contributed by atoms with van der Waals surface area (Å²) in [6.45, 7) is 4.21. The van der Waals surface area contributed by atoms with Crippen molar-refractivity contribution in [3.8, 4) is 0 Å². The van der Waals surface area contributed by atoms with Gasteiger partial charge in [0, 0.05) is 18.5 Å². The largest absolute Gasteiger partial charge is 0.481 e. The quantitative estimate of drug-likeness (QED) is 0.862. The van der Waals surface area contributed by atoms with Crippen LogP contribution in [0.5, 0.6) is 0 Å². The van der Waals surface area contributed by atoms with Crippen LogP contribution < -0.4 is 0 Å². The Morgan fingerprint density at radius 1 is 1.00 bits per heavy atom. The Bertz CT molecular complexity index is 363. The number of carbonyl (C=O) groups is 2. The molecule has 1 aliphatic carbocycles. The second-order valence-corrected chi connectivity index (χ2v) is 6.55. The van der Waals surface area contributed by atoms with Crippen molar-refractivity contribution in [3.05, 3.63) is 0 Å². The molecular formula is C16H27NO3.